The van der Waals surface area contributed by atoms with Crippen LogP contribution in [0.5, 0.6) is 0 Å². The lowest BCUT2D eigenvalue weighted by molar-refractivity contribution is -0.385. The molecule has 164 valence electrons. The summed E-state index contributed by atoms with van der Waals surface area (Å²) >= 11 is 0. The summed E-state index contributed by atoms with van der Waals surface area (Å²) in [6, 6.07) is 13.7. The first-order valence-electron chi connectivity index (χ1n) is 10.2. The summed E-state index contributed by atoms with van der Waals surface area (Å²) in [6.07, 6.45) is 3.99. The maximum Gasteiger partial charge on any atom is 0.269 e. The predicted octanol–water partition coefficient (Wildman–Crippen LogP) is 7.15. The van der Waals surface area contributed by atoms with Crippen molar-refractivity contribution >= 4 is 11.4 Å². The van der Waals surface area contributed by atoms with Gasteiger partial charge in [-0.15, -0.1) is 0 Å². The van der Waals surface area contributed by atoms with Gasteiger partial charge in [-0.3, -0.25) is 20.2 Å². The van der Waals surface area contributed by atoms with E-state index in [0.717, 1.165) is 36.8 Å². The van der Waals surface area contributed by atoms with E-state index in [0.29, 0.717) is 5.41 Å². The fraction of sp³-hybridized carbons (Fsp3) is 0.500. The molecule has 0 spiro atoms. The van der Waals surface area contributed by atoms with E-state index < -0.39 is 0 Å². The van der Waals surface area contributed by atoms with Crippen molar-refractivity contribution in [3.8, 4) is 0 Å². The van der Waals surface area contributed by atoms with Crippen molar-refractivity contribution in [3.63, 3.8) is 0 Å². The molecule has 0 atom stereocenters. The zero-order valence-electron chi connectivity index (χ0n) is 19.0. The molecule has 0 aliphatic rings. The molecule has 0 fully saturated rings. The highest BCUT2D eigenvalue weighted by Crippen LogP contribution is 2.23. The standard InChI is InChI=1S/2C12H17NO2/c1-12(2,3)9-8-10-4-6-11(7-5-10)13(14)15;1-12(2,3)8-7-10-5-4-6-11(9-10)13(14)15/h4-7H,8-9H2,1-3H3;4-6,9H,7-8H2,1-3H3. The molecular weight excluding hydrogens is 380 g/mol. The number of benzene rings is 2. The third kappa shape index (κ3) is 10.7. The quantitative estimate of drug-likeness (QED) is 0.371. The molecule has 0 saturated carbocycles. The minimum Gasteiger partial charge on any atom is -0.258 e. The minimum absolute atomic E-state index is 0.162. The highest BCUT2D eigenvalue weighted by atomic mass is 16.6. The van der Waals surface area contributed by atoms with Gasteiger partial charge in [-0.1, -0.05) is 65.8 Å². The lowest BCUT2D eigenvalue weighted by Crippen LogP contribution is -2.06. The molecule has 6 nitrogen and oxygen atoms in total. The van der Waals surface area contributed by atoms with Crippen LogP contribution in [0.1, 0.15) is 65.5 Å². The molecule has 0 amide bonds. The second kappa shape index (κ2) is 10.9. The second-order valence-electron chi connectivity index (χ2n) is 9.97. The van der Waals surface area contributed by atoms with Gasteiger partial charge in [0.25, 0.3) is 11.4 Å². The first-order chi connectivity index (χ1) is 13.8. The van der Waals surface area contributed by atoms with Crippen LogP contribution >= 0.6 is 0 Å². The smallest absolute Gasteiger partial charge is 0.258 e. The normalized spacial score (nSPS) is 11.4. The van der Waals surface area contributed by atoms with Crippen molar-refractivity contribution in [2.24, 2.45) is 10.8 Å². The van der Waals surface area contributed by atoms with Crippen molar-refractivity contribution in [2.75, 3.05) is 0 Å². The molecule has 0 aromatic heterocycles. The molecule has 0 unspecified atom stereocenters. The zero-order valence-corrected chi connectivity index (χ0v) is 19.0. The Morgan fingerprint density at radius 3 is 1.57 bits per heavy atom. The van der Waals surface area contributed by atoms with Gasteiger partial charge >= 0.3 is 0 Å². The molecule has 0 heterocycles. The molecule has 2 aromatic carbocycles. The van der Waals surface area contributed by atoms with Gasteiger partial charge in [-0.25, -0.2) is 0 Å². The van der Waals surface area contributed by atoms with E-state index >= 15 is 0 Å². The number of aryl methyl sites for hydroxylation is 2. The van der Waals surface area contributed by atoms with E-state index in [2.05, 4.69) is 41.5 Å². The van der Waals surface area contributed by atoms with Crippen LogP contribution in [0.3, 0.4) is 0 Å². The molecule has 0 bridgehead atoms. The predicted molar refractivity (Wildman–Crippen MR) is 122 cm³/mol. The van der Waals surface area contributed by atoms with Gasteiger partial charge in [0, 0.05) is 24.3 Å². The monoisotopic (exact) mass is 414 g/mol. The summed E-state index contributed by atoms with van der Waals surface area (Å²) in [5.74, 6) is 0. The first-order valence-corrected chi connectivity index (χ1v) is 10.2. The average molecular weight is 415 g/mol. The van der Waals surface area contributed by atoms with Gasteiger partial charge in [0.05, 0.1) is 9.85 Å². The third-order valence-electron chi connectivity index (χ3n) is 4.60. The second-order valence-corrected chi connectivity index (χ2v) is 9.97. The SMILES string of the molecule is CC(C)(C)CCc1ccc([N+](=O)[O-])cc1.CC(C)(C)CCc1cccc([N+](=O)[O-])c1. The van der Waals surface area contributed by atoms with E-state index in [1.165, 1.54) is 6.07 Å². The Kier molecular flexibility index (Phi) is 9.15. The molecule has 0 N–H and O–H groups in total. The van der Waals surface area contributed by atoms with Crippen LogP contribution in [0.2, 0.25) is 0 Å². The number of rotatable bonds is 6. The first kappa shape index (κ1) is 25.3. The maximum atomic E-state index is 10.6. The number of nitro groups is 2. The van der Waals surface area contributed by atoms with Gasteiger partial charge in [0.2, 0.25) is 0 Å². The van der Waals surface area contributed by atoms with E-state index in [4.69, 9.17) is 0 Å². The molecule has 0 aliphatic carbocycles. The van der Waals surface area contributed by atoms with Crippen LogP contribution in [-0.2, 0) is 12.8 Å². The number of nitrogens with zero attached hydrogens (tertiary/aromatic N) is 2. The van der Waals surface area contributed by atoms with Crippen molar-refractivity contribution in [1.29, 1.82) is 0 Å². The van der Waals surface area contributed by atoms with Gasteiger partial charge in [-0.2, -0.15) is 0 Å². The van der Waals surface area contributed by atoms with Crippen molar-refractivity contribution in [3.05, 3.63) is 79.9 Å². The molecule has 30 heavy (non-hydrogen) atoms. The summed E-state index contributed by atoms with van der Waals surface area (Å²) in [7, 11) is 0. The van der Waals surface area contributed by atoms with Crippen LogP contribution < -0.4 is 0 Å². The topological polar surface area (TPSA) is 86.3 Å². The summed E-state index contributed by atoms with van der Waals surface area (Å²) in [5.41, 5.74) is 3.12. The zero-order chi connectivity index (χ0) is 22.9. The van der Waals surface area contributed by atoms with Crippen LogP contribution in [0, 0.1) is 31.1 Å². The highest BCUT2D eigenvalue weighted by Gasteiger charge is 2.12. The number of hydrogen-bond acceptors (Lipinski definition) is 4. The number of non-ortho nitro benzene ring substituents is 2. The molecule has 0 saturated heterocycles. The maximum absolute atomic E-state index is 10.6. The van der Waals surface area contributed by atoms with Crippen LogP contribution in [0.4, 0.5) is 11.4 Å². The lowest BCUT2D eigenvalue weighted by Gasteiger charge is -2.17. The summed E-state index contributed by atoms with van der Waals surface area (Å²) < 4.78 is 0. The number of hydrogen-bond donors (Lipinski definition) is 0. The van der Waals surface area contributed by atoms with Crippen molar-refractivity contribution < 1.29 is 9.85 Å². The Hall–Kier alpha value is -2.76. The molecule has 0 radical (unpaired) electrons. The lowest BCUT2D eigenvalue weighted by atomic mass is 9.89. The fourth-order valence-electron chi connectivity index (χ4n) is 2.65. The number of nitro benzene ring substituents is 2. The Morgan fingerprint density at radius 1 is 0.667 bits per heavy atom. The third-order valence-corrected chi connectivity index (χ3v) is 4.60. The van der Waals surface area contributed by atoms with E-state index in [1.807, 2.05) is 18.2 Å². The van der Waals surface area contributed by atoms with E-state index in [-0.39, 0.29) is 26.6 Å². The van der Waals surface area contributed by atoms with Crippen LogP contribution in [-0.4, -0.2) is 9.85 Å². The minimum atomic E-state index is -0.368. The highest BCUT2D eigenvalue weighted by molar-refractivity contribution is 5.34. The average Bonchev–Trinajstić information content (AvgIpc) is 2.65. The van der Waals surface area contributed by atoms with Gasteiger partial charge in [-0.05, 0) is 47.6 Å². The summed E-state index contributed by atoms with van der Waals surface area (Å²) in [4.78, 5) is 20.3. The Labute approximate surface area is 179 Å². The summed E-state index contributed by atoms with van der Waals surface area (Å²) in [6.45, 7) is 13.1. The van der Waals surface area contributed by atoms with Crippen molar-refractivity contribution in [2.45, 2.75) is 67.2 Å². The van der Waals surface area contributed by atoms with Gasteiger partial charge < -0.3 is 0 Å². The molecule has 2 aromatic rings. The van der Waals surface area contributed by atoms with E-state index in [9.17, 15) is 20.2 Å². The van der Waals surface area contributed by atoms with Gasteiger partial charge in [0.1, 0.15) is 0 Å². The Balaban J connectivity index is 0.000000300. The van der Waals surface area contributed by atoms with Crippen LogP contribution in [0.25, 0.3) is 0 Å². The fourth-order valence-corrected chi connectivity index (χ4v) is 2.65. The molecular formula is C24H34N2O4. The molecule has 6 heteroatoms. The van der Waals surface area contributed by atoms with Crippen molar-refractivity contribution in [1.82, 2.24) is 0 Å². The summed E-state index contributed by atoms with van der Waals surface area (Å²) in [5, 5.41) is 21.0. The molecule has 0 aliphatic heterocycles. The van der Waals surface area contributed by atoms with Crippen LogP contribution in [0.15, 0.2) is 48.5 Å². The Bertz CT molecular complexity index is 832. The largest absolute Gasteiger partial charge is 0.269 e. The molecule has 2 rings (SSSR count). The Morgan fingerprint density at radius 2 is 1.13 bits per heavy atom. The van der Waals surface area contributed by atoms with Gasteiger partial charge in [0.15, 0.2) is 0 Å². The van der Waals surface area contributed by atoms with E-state index in [1.54, 1.807) is 24.3 Å².